The van der Waals surface area contributed by atoms with E-state index in [1.54, 1.807) is 6.07 Å². The zero-order chi connectivity index (χ0) is 16.1. The second-order valence-electron chi connectivity index (χ2n) is 4.90. The number of benzene rings is 1. The number of para-hydroxylation sites is 1. The number of rotatable bonds is 6. The molecule has 1 amide bonds. The number of hydrogen-bond donors (Lipinski definition) is 2. The lowest BCUT2D eigenvalue weighted by molar-refractivity contribution is -0.120. The number of carbonyl (C=O) groups is 1. The maximum Gasteiger partial charge on any atom is 0.233 e. The van der Waals surface area contributed by atoms with E-state index in [-0.39, 0.29) is 17.2 Å². The normalized spacial score (nSPS) is 12.2. The van der Waals surface area contributed by atoms with Crippen LogP contribution in [0.2, 0.25) is 5.02 Å². The molecule has 0 aliphatic heterocycles. The molecule has 0 radical (unpaired) electrons. The summed E-state index contributed by atoms with van der Waals surface area (Å²) in [6.07, 6.45) is 0. The summed E-state index contributed by atoms with van der Waals surface area (Å²) in [6, 6.07) is 7.56. The summed E-state index contributed by atoms with van der Waals surface area (Å²) in [6.45, 7) is 5.72. The number of halogens is 1. The van der Waals surface area contributed by atoms with Gasteiger partial charge in [-0.25, -0.2) is 0 Å². The molecule has 0 saturated carbocycles. The van der Waals surface area contributed by atoms with Crippen LogP contribution in [0.15, 0.2) is 28.6 Å². The third-order valence-corrected chi connectivity index (χ3v) is 4.95. The molecule has 2 rings (SSSR count). The van der Waals surface area contributed by atoms with Crippen LogP contribution >= 0.6 is 34.7 Å². The largest absolute Gasteiger partial charge is 0.353 e. The molecule has 1 aromatic carbocycles. The van der Waals surface area contributed by atoms with E-state index in [0.717, 1.165) is 10.0 Å². The van der Waals surface area contributed by atoms with Crippen LogP contribution in [0, 0.1) is 0 Å². The van der Waals surface area contributed by atoms with Crippen molar-refractivity contribution in [1.29, 1.82) is 0 Å². The van der Waals surface area contributed by atoms with Gasteiger partial charge in [-0.15, -0.1) is 10.2 Å². The predicted octanol–water partition coefficient (Wildman–Crippen LogP) is 3.94. The molecule has 22 heavy (non-hydrogen) atoms. The quantitative estimate of drug-likeness (QED) is 0.767. The van der Waals surface area contributed by atoms with Crippen LogP contribution in [-0.2, 0) is 4.79 Å². The number of anilines is 2. The van der Waals surface area contributed by atoms with Gasteiger partial charge >= 0.3 is 0 Å². The second kappa shape index (κ2) is 7.80. The molecule has 1 heterocycles. The first kappa shape index (κ1) is 17.1. The third-order valence-electron chi connectivity index (χ3n) is 2.60. The van der Waals surface area contributed by atoms with Gasteiger partial charge in [0.05, 0.1) is 16.0 Å². The SMILES string of the molecule is CC(C)NC(=O)C(C)Sc1nnc(Nc2ccccc2Cl)s1. The topological polar surface area (TPSA) is 66.9 Å². The molecular weight excluding hydrogens is 340 g/mol. The van der Waals surface area contributed by atoms with Gasteiger partial charge < -0.3 is 10.6 Å². The van der Waals surface area contributed by atoms with Crippen molar-refractivity contribution in [2.75, 3.05) is 5.32 Å². The molecule has 0 bridgehead atoms. The highest BCUT2D eigenvalue weighted by Crippen LogP contribution is 2.32. The average molecular weight is 357 g/mol. The fourth-order valence-corrected chi connectivity index (χ4v) is 3.69. The van der Waals surface area contributed by atoms with E-state index in [9.17, 15) is 4.79 Å². The number of aromatic nitrogens is 2. The molecule has 0 aliphatic carbocycles. The van der Waals surface area contributed by atoms with Crippen molar-refractivity contribution in [2.45, 2.75) is 36.4 Å². The Morgan fingerprint density at radius 3 is 2.68 bits per heavy atom. The Hall–Kier alpha value is -1.31. The van der Waals surface area contributed by atoms with Gasteiger partial charge in [0.1, 0.15) is 0 Å². The molecule has 2 aromatic rings. The zero-order valence-corrected chi connectivity index (χ0v) is 14.9. The van der Waals surface area contributed by atoms with Gasteiger partial charge in [-0.05, 0) is 32.9 Å². The maximum atomic E-state index is 11.9. The first-order chi connectivity index (χ1) is 10.5. The van der Waals surface area contributed by atoms with E-state index in [4.69, 9.17) is 11.6 Å². The summed E-state index contributed by atoms with van der Waals surface area (Å²) < 4.78 is 0.737. The highest BCUT2D eigenvalue weighted by Gasteiger charge is 2.17. The highest BCUT2D eigenvalue weighted by atomic mass is 35.5. The highest BCUT2D eigenvalue weighted by molar-refractivity contribution is 8.02. The van der Waals surface area contributed by atoms with Crippen LogP contribution in [-0.4, -0.2) is 27.4 Å². The Bertz CT molecular complexity index is 647. The molecule has 0 spiro atoms. The van der Waals surface area contributed by atoms with E-state index in [1.807, 2.05) is 39.0 Å². The number of nitrogens with zero attached hydrogens (tertiary/aromatic N) is 2. The fraction of sp³-hybridized carbons (Fsp3) is 0.357. The summed E-state index contributed by atoms with van der Waals surface area (Å²) in [5.41, 5.74) is 0.780. The van der Waals surface area contributed by atoms with E-state index >= 15 is 0 Å². The first-order valence-corrected chi connectivity index (χ1v) is 8.85. The summed E-state index contributed by atoms with van der Waals surface area (Å²) >= 11 is 8.87. The lowest BCUT2D eigenvalue weighted by Crippen LogP contribution is -2.35. The van der Waals surface area contributed by atoms with Gasteiger partial charge in [0, 0.05) is 6.04 Å². The van der Waals surface area contributed by atoms with Crippen LogP contribution in [0.4, 0.5) is 10.8 Å². The molecule has 1 atom stereocenters. The summed E-state index contributed by atoms with van der Waals surface area (Å²) in [4.78, 5) is 11.9. The Morgan fingerprint density at radius 2 is 2.00 bits per heavy atom. The Morgan fingerprint density at radius 1 is 1.27 bits per heavy atom. The van der Waals surface area contributed by atoms with Crippen LogP contribution in [0.25, 0.3) is 0 Å². The molecule has 5 nitrogen and oxygen atoms in total. The van der Waals surface area contributed by atoms with Crippen LogP contribution in [0.3, 0.4) is 0 Å². The van der Waals surface area contributed by atoms with Crippen molar-refractivity contribution in [2.24, 2.45) is 0 Å². The van der Waals surface area contributed by atoms with Gasteiger partial charge in [0.25, 0.3) is 0 Å². The number of amides is 1. The molecular formula is C14H17ClN4OS2. The minimum atomic E-state index is -0.219. The van der Waals surface area contributed by atoms with Crippen molar-refractivity contribution >= 4 is 51.4 Å². The lowest BCUT2D eigenvalue weighted by Gasteiger charge is -2.12. The molecule has 1 unspecified atom stereocenters. The molecule has 0 fully saturated rings. The van der Waals surface area contributed by atoms with Crippen LogP contribution < -0.4 is 10.6 Å². The minimum absolute atomic E-state index is 0.00388. The summed E-state index contributed by atoms with van der Waals surface area (Å²) in [7, 11) is 0. The second-order valence-corrected chi connectivity index (χ2v) is 7.87. The smallest absolute Gasteiger partial charge is 0.233 e. The molecule has 8 heteroatoms. The molecule has 118 valence electrons. The Balaban J connectivity index is 1.97. The van der Waals surface area contributed by atoms with Crippen LogP contribution in [0.5, 0.6) is 0 Å². The summed E-state index contributed by atoms with van der Waals surface area (Å²) in [5, 5.41) is 15.2. The van der Waals surface area contributed by atoms with Crippen molar-refractivity contribution in [3.05, 3.63) is 29.3 Å². The van der Waals surface area contributed by atoms with Crippen molar-refractivity contribution in [1.82, 2.24) is 15.5 Å². The van der Waals surface area contributed by atoms with E-state index in [0.29, 0.717) is 10.2 Å². The monoisotopic (exact) mass is 356 g/mol. The van der Waals surface area contributed by atoms with Crippen molar-refractivity contribution in [3.8, 4) is 0 Å². The molecule has 1 aromatic heterocycles. The minimum Gasteiger partial charge on any atom is -0.353 e. The Kier molecular flexibility index (Phi) is 6.05. The van der Waals surface area contributed by atoms with Gasteiger partial charge in [-0.3, -0.25) is 4.79 Å². The van der Waals surface area contributed by atoms with E-state index in [2.05, 4.69) is 20.8 Å². The number of hydrogen-bond acceptors (Lipinski definition) is 6. The van der Waals surface area contributed by atoms with Gasteiger partial charge in [0.2, 0.25) is 11.0 Å². The van der Waals surface area contributed by atoms with Crippen LogP contribution in [0.1, 0.15) is 20.8 Å². The average Bonchev–Trinajstić information content (AvgIpc) is 2.88. The summed E-state index contributed by atoms with van der Waals surface area (Å²) in [5.74, 6) is -0.00388. The first-order valence-electron chi connectivity index (χ1n) is 6.78. The maximum absolute atomic E-state index is 11.9. The standard InChI is InChI=1S/C14H17ClN4OS2/c1-8(2)16-12(20)9(3)21-14-19-18-13(22-14)17-11-7-5-4-6-10(11)15/h4-9H,1-3H3,(H,16,20)(H,17,18). The predicted molar refractivity (Wildman–Crippen MR) is 93.2 cm³/mol. The molecule has 2 N–H and O–H groups in total. The Labute approximate surface area is 142 Å². The third kappa shape index (κ3) is 4.86. The molecule has 0 aliphatic rings. The van der Waals surface area contributed by atoms with E-state index < -0.39 is 0 Å². The number of nitrogens with one attached hydrogen (secondary N) is 2. The number of thioether (sulfide) groups is 1. The van der Waals surface area contributed by atoms with Crippen molar-refractivity contribution < 1.29 is 4.79 Å². The fourth-order valence-electron chi connectivity index (χ4n) is 1.59. The van der Waals surface area contributed by atoms with E-state index in [1.165, 1.54) is 23.1 Å². The molecule has 0 saturated heterocycles. The van der Waals surface area contributed by atoms with Gasteiger partial charge in [-0.1, -0.05) is 46.8 Å². The lowest BCUT2D eigenvalue weighted by atomic mass is 10.3. The van der Waals surface area contributed by atoms with Crippen molar-refractivity contribution in [3.63, 3.8) is 0 Å². The van der Waals surface area contributed by atoms with Gasteiger partial charge in [0.15, 0.2) is 4.34 Å². The van der Waals surface area contributed by atoms with Gasteiger partial charge in [-0.2, -0.15) is 0 Å². The number of carbonyl (C=O) groups excluding carboxylic acids is 1. The zero-order valence-electron chi connectivity index (χ0n) is 12.5.